The lowest BCUT2D eigenvalue weighted by Crippen LogP contribution is -2.22. The number of ether oxygens (including phenoxy) is 2. The molecule has 0 radical (unpaired) electrons. The standard InChI is InChI=1S/C20H22FN3O5S2/c1-14(28-17-6-4-15(21)5-7-17)19-22-23-20(29-19)30-13-12-27-16-8-10-18(11-9-16)31(25,26)24(2)3/h4-11,14H,12-13H2,1-3H3/t14-/m1/s1. The Morgan fingerprint density at radius 2 is 1.71 bits per heavy atom. The van der Waals surface area contributed by atoms with Crippen LogP contribution in [0.25, 0.3) is 0 Å². The maximum absolute atomic E-state index is 13.0. The summed E-state index contributed by atoms with van der Waals surface area (Å²) >= 11 is 1.32. The van der Waals surface area contributed by atoms with Crippen molar-refractivity contribution >= 4 is 21.8 Å². The molecule has 31 heavy (non-hydrogen) atoms. The highest BCUT2D eigenvalue weighted by Crippen LogP contribution is 2.24. The van der Waals surface area contributed by atoms with Gasteiger partial charge in [-0.05, 0) is 55.5 Å². The van der Waals surface area contributed by atoms with Crippen molar-refractivity contribution in [3.63, 3.8) is 0 Å². The van der Waals surface area contributed by atoms with Crippen LogP contribution in [0, 0.1) is 5.82 Å². The number of aromatic nitrogens is 2. The fourth-order valence-corrected chi connectivity index (χ4v) is 3.90. The van der Waals surface area contributed by atoms with Crippen LogP contribution in [0.2, 0.25) is 0 Å². The molecular weight excluding hydrogens is 445 g/mol. The van der Waals surface area contributed by atoms with E-state index in [4.69, 9.17) is 13.9 Å². The van der Waals surface area contributed by atoms with Crippen LogP contribution >= 0.6 is 11.8 Å². The molecular formula is C20H22FN3O5S2. The van der Waals surface area contributed by atoms with Crippen LogP contribution in [0.1, 0.15) is 18.9 Å². The van der Waals surface area contributed by atoms with Gasteiger partial charge in [-0.15, -0.1) is 10.2 Å². The van der Waals surface area contributed by atoms with Crippen molar-refractivity contribution in [2.45, 2.75) is 23.1 Å². The van der Waals surface area contributed by atoms with E-state index in [9.17, 15) is 12.8 Å². The summed E-state index contributed by atoms with van der Waals surface area (Å²) in [4.78, 5) is 0.203. The first-order chi connectivity index (χ1) is 14.8. The Balaban J connectivity index is 1.45. The van der Waals surface area contributed by atoms with Gasteiger partial charge < -0.3 is 13.9 Å². The fraction of sp³-hybridized carbons (Fsp3) is 0.300. The fourth-order valence-electron chi connectivity index (χ4n) is 2.42. The Labute approximate surface area is 184 Å². The van der Waals surface area contributed by atoms with Gasteiger partial charge in [0.1, 0.15) is 17.3 Å². The van der Waals surface area contributed by atoms with Crippen molar-refractivity contribution in [1.29, 1.82) is 0 Å². The molecule has 2 aromatic carbocycles. The van der Waals surface area contributed by atoms with Crippen LogP contribution in [0.4, 0.5) is 4.39 Å². The van der Waals surface area contributed by atoms with Gasteiger partial charge in [-0.2, -0.15) is 0 Å². The van der Waals surface area contributed by atoms with Gasteiger partial charge in [-0.3, -0.25) is 0 Å². The van der Waals surface area contributed by atoms with Crippen LogP contribution in [0.3, 0.4) is 0 Å². The number of benzene rings is 2. The predicted octanol–water partition coefficient (Wildman–Crippen LogP) is 3.77. The molecule has 8 nitrogen and oxygen atoms in total. The van der Waals surface area contributed by atoms with Gasteiger partial charge in [0, 0.05) is 19.8 Å². The third-order valence-corrected chi connectivity index (χ3v) is 6.69. The summed E-state index contributed by atoms with van der Waals surface area (Å²) in [5.41, 5.74) is 0. The average Bonchev–Trinajstić information content (AvgIpc) is 3.22. The number of halogens is 1. The zero-order valence-corrected chi connectivity index (χ0v) is 18.8. The summed E-state index contributed by atoms with van der Waals surface area (Å²) < 4.78 is 55.1. The van der Waals surface area contributed by atoms with Crippen molar-refractivity contribution in [3.05, 3.63) is 60.2 Å². The van der Waals surface area contributed by atoms with Crippen LogP contribution in [-0.2, 0) is 10.0 Å². The normalized spacial score (nSPS) is 12.7. The van der Waals surface area contributed by atoms with Crippen LogP contribution in [0.5, 0.6) is 11.5 Å². The van der Waals surface area contributed by atoms with E-state index in [0.717, 1.165) is 4.31 Å². The minimum Gasteiger partial charge on any atom is -0.493 e. The largest absolute Gasteiger partial charge is 0.493 e. The van der Waals surface area contributed by atoms with Crippen molar-refractivity contribution < 1.29 is 26.7 Å². The monoisotopic (exact) mass is 467 g/mol. The molecule has 0 aliphatic carbocycles. The second-order valence-electron chi connectivity index (χ2n) is 6.58. The lowest BCUT2D eigenvalue weighted by molar-refractivity contribution is 0.181. The third kappa shape index (κ3) is 6.18. The molecule has 0 saturated heterocycles. The maximum atomic E-state index is 13.0. The Kier molecular flexibility index (Phi) is 7.52. The molecule has 0 N–H and O–H groups in total. The molecule has 0 aliphatic heterocycles. The summed E-state index contributed by atoms with van der Waals surface area (Å²) in [5, 5.41) is 8.32. The van der Waals surface area contributed by atoms with E-state index in [2.05, 4.69) is 10.2 Å². The Morgan fingerprint density at radius 3 is 2.35 bits per heavy atom. The van der Waals surface area contributed by atoms with Gasteiger partial charge in [-0.1, -0.05) is 11.8 Å². The van der Waals surface area contributed by atoms with Crippen molar-refractivity contribution in [2.24, 2.45) is 0 Å². The number of hydrogen-bond donors (Lipinski definition) is 0. The van der Waals surface area contributed by atoms with E-state index in [1.807, 2.05) is 0 Å². The topological polar surface area (TPSA) is 94.8 Å². The van der Waals surface area contributed by atoms with Gasteiger partial charge in [0.15, 0.2) is 6.10 Å². The minimum absolute atomic E-state index is 0.203. The average molecular weight is 468 g/mol. The zero-order valence-electron chi connectivity index (χ0n) is 17.2. The predicted molar refractivity (Wildman–Crippen MR) is 113 cm³/mol. The molecule has 0 unspecified atom stereocenters. The van der Waals surface area contributed by atoms with Crippen LogP contribution < -0.4 is 9.47 Å². The molecule has 0 spiro atoms. The highest BCUT2D eigenvalue weighted by Gasteiger charge is 2.17. The van der Waals surface area contributed by atoms with Gasteiger partial charge in [0.25, 0.3) is 11.1 Å². The SMILES string of the molecule is C[C@@H](Oc1ccc(F)cc1)c1nnc(SCCOc2ccc(S(=O)(=O)N(C)C)cc2)o1. The first-order valence-corrected chi connectivity index (χ1v) is 11.7. The van der Waals surface area contributed by atoms with E-state index < -0.39 is 16.1 Å². The van der Waals surface area contributed by atoms with E-state index in [1.54, 1.807) is 19.1 Å². The number of thioether (sulfide) groups is 1. The van der Waals surface area contributed by atoms with Gasteiger partial charge in [0.2, 0.25) is 10.0 Å². The van der Waals surface area contributed by atoms with Gasteiger partial charge in [-0.25, -0.2) is 17.1 Å². The van der Waals surface area contributed by atoms with E-state index in [0.29, 0.717) is 35.0 Å². The lowest BCUT2D eigenvalue weighted by Gasteiger charge is -2.12. The number of hydrogen-bond acceptors (Lipinski definition) is 8. The Morgan fingerprint density at radius 1 is 1.06 bits per heavy atom. The number of rotatable bonds is 10. The summed E-state index contributed by atoms with van der Waals surface area (Å²) in [6, 6.07) is 11.9. The molecule has 0 bridgehead atoms. The summed E-state index contributed by atoms with van der Waals surface area (Å²) in [6.07, 6.45) is -0.486. The van der Waals surface area contributed by atoms with Crippen LogP contribution in [-0.4, -0.2) is 49.4 Å². The van der Waals surface area contributed by atoms with E-state index in [1.165, 1.54) is 62.3 Å². The minimum atomic E-state index is -3.46. The molecule has 3 aromatic rings. The van der Waals surface area contributed by atoms with Gasteiger partial charge >= 0.3 is 0 Å². The first-order valence-electron chi connectivity index (χ1n) is 9.29. The molecule has 11 heteroatoms. The molecule has 1 atom stereocenters. The Bertz CT molecular complexity index is 1090. The van der Waals surface area contributed by atoms with E-state index in [-0.39, 0.29) is 10.7 Å². The maximum Gasteiger partial charge on any atom is 0.276 e. The number of nitrogens with zero attached hydrogens (tertiary/aromatic N) is 3. The quantitative estimate of drug-likeness (QED) is 0.329. The highest BCUT2D eigenvalue weighted by atomic mass is 32.2. The summed E-state index contributed by atoms with van der Waals surface area (Å²) in [7, 11) is -0.499. The summed E-state index contributed by atoms with van der Waals surface area (Å²) in [6.45, 7) is 2.12. The van der Waals surface area contributed by atoms with Crippen LogP contribution in [0.15, 0.2) is 63.1 Å². The first kappa shape index (κ1) is 23.0. The molecule has 0 fully saturated rings. The second-order valence-corrected chi connectivity index (χ2v) is 9.77. The van der Waals surface area contributed by atoms with E-state index >= 15 is 0 Å². The smallest absolute Gasteiger partial charge is 0.276 e. The molecule has 166 valence electrons. The molecule has 0 amide bonds. The lowest BCUT2D eigenvalue weighted by atomic mass is 10.3. The molecule has 1 aromatic heterocycles. The van der Waals surface area contributed by atoms with Crippen molar-refractivity contribution in [2.75, 3.05) is 26.5 Å². The highest BCUT2D eigenvalue weighted by molar-refractivity contribution is 7.99. The zero-order chi connectivity index (χ0) is 22.4. The Hall–Kier alpha value is -2.63. The van der Waals surface area contributed by atoms with Crippen molar-refractivity contribution in [3.8, 4) is 11.5 Å². The van der Waals surface area contributed by atoms with Crippen molar-refractivity contribution in [1.82, 2.24) is 14.5 Å². The molecule has 0 saturated carbocycles. The molecule has 1 heterocycles. The number of sulfonamides is 1. The summed E-state index contributed by atoms with van der Waals surface area (Å²) in [5.74, 6) is 1.58. The molecule has 3 rings (SSSR count). The van der Waals surface area contributed by atoms with Gasteiger partial charge in [0.05, 0.1) is 11.5 Å². The third-order valence-electron chi connectivity index (χ3n) is 4.08. The molecule has 0 aliphatic rings. The second kappa shape index (κ2) is 10.1.